The fourth-order valence-electron chi connectivity index (χ4n) is 3.06. The van der Waals surface area contributed by atoms with Crippen molar-refractivity contribution < 1.29 is 4.74 Å². The third-order valence-electron chi connectivity index (χ3n) is 4.51. The molecule has 3 aromatic carbocycles. The van der Waals surface area contributed by atoms with E-state index in [0.29, 0.717) is 26.5 Å². The van der Waals surface area contributed by atoms with E-state index in [0.717, 1.165) is 22.5 Å². The Hall–Kier alpha value is -2.99. The highest BCUT2D eigenvalue weighted by Gasteiger charge is 2.15. The molecule has 0 amide bonds. The van der Waals surface area contributed by atoms with Crippen LogP contribution in [0.1, 0.15) is 5.56 Å². The molecule has 0 unspecified atom stereocenters. The molecule has 0 saturated heterocycles. The predicted octanol–water partition coefficient (Wildman–Crippen LogP) is 6.95. The second-order valence-electron chi connectivity index (χ2n) is 6.53. The van der Waals surface area contributed by atoms with E-state index in [1.54, 1.807) is 30.1 Å². The van der Waals surface area contributed by atoms with Crippen molar-refractivity contribution in [1.29, 1.82) is 0 Å². The summed E-state index contributed by atoms with van der Waals surface area (Å²) in [4.78, 5) is 0. The van der Waals surface area contributed by atoms with E-state index in [2.05, 4.69) is 10.5 Å². The van der Waals surface area contributed by atoms with Crippen molar-refractivity contribution in [2.45, 2.75) is 0 Å². The molecule has 1 aromatic heterocycles. The fraction of sp³-hybridized carbons (Fsp3) is 0.0435. The minimum Gasteiger partial charge on any atom is -0.496 e. The summed E-state index contributed by atoms with van der Waals surface area (Å²) in [7, 11) is 1.63. The molecule has 0 atom stereocenters. The highest BCUT2D eigenvalue weighted by atomic mass is 35.5. The zero-order chi connectivity index (χ0) is 21.8. The number of methoxy groups -OCH3 is 1. The van der Waals surface area contributed by atoms with Gasteiger partial charge in [0.15, 0.2) is 0 Å². The molecule has 5 nitrogen and oxygen atoms in total. The monoisotopic (exact) mass is 470 g/mol. The van der Waals surface area contributed by atoms with Gasteiger partial charge in [0.2, 0.25) is 0 Å². The van der Waals surface area contributed by atoms with Gasteiger partial charge in [-0.15, -0.1) is 0 Å². The lowest BCUT2D eigenvalue weighted by molar-refractivity contribution is 0.416. The number of hydrogen-bond acceptors (Lipinski definition) is 4. The average Bonchev–Trinajstić information content (AvgIpc) is 3.20. The summed E-state index contributed by atoms with van der Waals surface area (Å²) in [6.07, 6.45) is 3.56. The second kappa shape index (κ2) is 9.43. The summed E-state index contributed by atoms with van der Waals surface area (Å²) in [6, 6.07) is 20.7. The molecule has 0 aliphatic rings. The molecule has 0 aliphatic heterocycles. The van der Waals surface area contributed by atoms with Crippen LogP contribution < -0.4 is 10.2 Å². The van der Waals surface area contributed by atoms with E-state index in [1.165, 1.54) is 0 Å². The number of benzene rings is 3. The van der Waals surface area contributed by atoms with Gasteiger partial charge in [0.25, 0.3) is 0 Å². The smallest absolute Gasteiger partial charge is 0.128 e. The summed E-state index contributed by atoms with van der Waals surface area (Å²) in [6.45, 7) is 0. The Labute approximate surface area is 194 Å². The molecule has 0 saturated carbocycles. The van der Waals surface area contributed by atoms with Gasteiger partial charge in [-0.25, -0.2) is 4.68 Å². The maximum atomic E-state index is 6.23. The van der Waals surface area contributed by atoms with Crippen molar-refractivity contribution in [3.05, 3.63) is 93.6 Å². The molecule has 4 rings (SSSR count). The van der Waals surface area contributed by atoms with Crippen LogP contribution in [0.2, 0.25) is 15.1 Å². The quantitative estimate of drug-likeness (QED) is 0.244. The van der Waals surface area contributed by atoms with Gasteiger partial charge in [-0.2, -0.15) is 10.2 Å². The second-order valence-corrected chi connectivity index (χ2v) is 7.78. The van der Waals surface area contributed by atoms with Gasteiger partial charge in [0, 0.05) is 22.3 Å². The Kier molecular flexibility index (Phi) is 6.47. The minimum atomic E-state index is 0.375. The van der Waals surface area contributed by atoms with Crippen molar-refractivity contribution in [2.75, 3.05) is 12.5 Å². The number of aromatic nitrogens is 2. The van der Waals surface area contributed by atoms with Crippen LogP contribution in [0.3, 0.4) is 0 Å². The summed E-state index contributed by atoms with van der Waals surface area (Å²) >= 11 is 18.4. The molecule has 4 aromatic rings. The first-order valence-corrected chi connectivity index (χ1v) is 10.4. The number of rotatable bonds is 6. The third-order valence-corrected chi connectivity index (χ3v) is 5.33. The summed E-state index contributed by atoms with van der Waals surface area (Å²) < 4.78 is 7.33. The maximum Gasteiger partial charge on any atom is 0.128 e. The first kappa shape index (κ1) is 21.2. The van der Waals surface area contributed by atoms with Gasteiger partial charge in [-0.3, -0.25) is 5.43 Å². The molecule has 0 spiro atoms. The number of nitrogens with zero attached hydrogens (tertiary/aromatic N) is 3. The zero-order valence-electron chi connectivity index (χ0n) is 16.4. The van der Waals surface area contributed by atoms with Crippen LogP contribution in [-0.4, -0.2) is 23.1 Å². The molecule has 0 aliphatic carbocycles. The van der Waals surface area contributed by atoms with E-state index in [1.807, 2.05) is 60.8 Å². The highest BCUT2D eigenvalue weighted by molar-refractivity contribution is 6.41. The topological polar surface area (TPSA) is 51.4 Å². The van der Waals surface area contributed by atoms with Crippen LogP contribution in [0.5, 0.6) is 5.75 Å². The molecule has 8 heteroatoms. The number of hydrazone groups is 1. The van der Waals surface area contributed by atoms with Gasteiger partial charge in [0.1, 0.15) is 11.4 Å². The lowest BCUT2D eigenvalue weighted by atomic mass is 10.1. The third kappa shape index (κ3) is 4.69. The van der Waals surface area contributed by atoms with Crippen LogP contribution in [0, 0.1) is 0 Å². The van der Waals surface area contributed by atoms with E-state index in [9.17, 15) is 0 Å². The molecular formula is C23H17Cl3N4O. The van der Waals surface area contributed by atoms with E-state index in [4.69, 9.17) is 44.6 Å². The van der Waals surface area contributed by atoms with Gasteiger partial charge in [-0.1, -0.05) is 65.1 Å². The number of ether oxygens (including phenoxy) is 1. The number of hydrogen-bond donors (Lipinski definition) is 1. The number of para-hydroxylation sites is 2. The Morgan fingerprint density at radius 3 is 2.35 bits per heavy atom. The van der Waals surface area contributed by atoms with Crippen LogP contribution in [0.25, 0.3) is 16.9 Å². The van der Waals surface area contributed by atoms with Gasteiger partial charge in [-0.05, 0) is 36.4 Å². The molecule has 1 heterocycles. The zero-order valence-corrected chi connectivity index (χ0v) is 18.7. The molecule has 0 fully saturated rings. The molecular weight excluding hydrogens is 455 g/mol. The van der Waals surface area contributed by atoms with Crippen LogP contribution in [0.15, 0.2) is 78.0 Å². The van der Waals surface area contributed by atoms with Crippen LogP contribution >= 0.6 is 34.8 Å². The van der Waals surface area contributed by atoms with E-state index in [-0.39, 0.29) is 0 Å². The average molecular weight is 472 g/mol. The van der Waals surface area contributed by atoms with Gasteiger partial charge >= 0.3 is 0 Å². The lowest BCUT2D eigenvalue weighted by Crippen LogP contribution is -1.95. The van der Waals surface area contributed by atoms with Crippen molar-refractivity contribution in [3.63, 3.8) is 0 Å². The summed E-state index contributed by atoms with van der Waals surface area (Å²) in [5.41, 5.74) is 6.64. The van der Waals surface area contributed by atoms with Crippen molar-refractivity contribution in [2.24, 2.45) is 5.10 Å². The van der Waals surface area contributed by atoms with E-state index >= 15 is 0 Å². The van der Waals surface area contributed by atoms with Crippen molar-refractivity contribution >= 4 is 46.7 Å². The summed E-state index contributed by atoms with van der Waals surface area (Å²) in [5, 5.41) is 10.3. The SMILES string of the molecule is COc1ccccc1-c1nn(-c2ccccc2)cc1C=NNc1c(Cl)cc(Cl)cc1Cl. The molecule has 1 N–H and O–H groups in total. The molecule has 31 heavy (non-hydrogen) atoms. The number of nitrogens with one attached hydrogen (secondary N) is 1. The fourth-order valence-corrected chi connectivity index (χ4v) is 3.96. The lowest BCUT2D eigenvalue weighted by Gasteiger charge is -2.07. The van der Waals surface area contributed by atoms with Crippen LogP contribution in [-0.2, 0) is 0 Å². The predicted molar refractivity (Wildman–Crippen MR) is 128 cm³/mol. The van der Waals surface area contributed by atoms with Crippen molar-refractivity contribution in [3.8, 4) is 22.7 Å². The summed E-state index contributed by atoms with van der Waals surface area (Å²) in [5.74, 6) is 0.715. The Morgan fingerprint density at radius 1 is 0.968 bits per heavy atom. The Balaban J connectivity index is 1.74. The van der Waals surface area contributed by atoms with Crippen molar-refractivity contribution in [1.82, 2.24) is 9.78 Å². The molecule has 156 valence electrons. The molecule has 0 bridgehead atoms. The highest BCUT2D eigenvalue weighted by Crippen LogP contribution is 2.34. The van der Waals surface area contributed by atoms with Gasteiger partial charge < -0.3 is 4.74 Å². The largest absolute Gasteiger partial charge is 0.496 e. The first-order valence-electron chi connectivity index (χ1n) is 9.29. The molecule has 0 radical (unpaired) electrons. The number of halogens is 3. The van der Waals surface area contributed by atoms with Crippen LogP contribution in [0.4, 0.5) is 5.69 Å². The first-order chi connectivity index (χ1) is 15.1. The Bertz CT molecular complexity index is 1220. The Morgan fingerprint density at radius 2 is 1.65 bits per heavy atom. The number of anilines is 1. The standard InChI is InChI=1S/C23H17Cl3N4O/c1-31-21-10-6-5-9-18(21)22-15(14-30(29-22)17-7-3-2-4-8-17)13-27-28-23-19(25)11-16(24)12-20(23)26/h2-14,28H,1H3. The van der Waals surface area contributed by atoms with Gasteiger partial charge in [0.05, 0.1) is 34.7 Å². The normalized spacial score (nSPS) is 11.1. The minimum absolute atomic E-state index is 0.375. The maximum absolute atomic E-state index is 6.23. The van der Waals surface area contributed by atoms with E-state index < -0.39 is 0 Å².